The molecule has 0 bridgehead atoms. The molecule has 0 aromatic heterocycles. The second-order valence-electron chi connectivity index (χ2n) is 4.54. The molecule has 1 amide bonds. The fraction of sp³-hybridized carbons (Fsp3) is 0.500. The van der Waals surface area contributed by atoms with E-state index in [1.165, 1.54) is 12.0 Å². The van der Waals surface area contributed by atoms with Crippen LogP contribution in [-0.4, -0.2) is 42.8 Å². The monoisotopic (exact) mass is 330 g/mol. The van der Waals surface area contributed by atoms with Gasteiger partial charge in [0.2, 0.25) is 5.91 Å². The first kappa shape index (κ1) is 18.4. The lowest BCUT2D eigenvalue weighted by Crippen LogP contribution is -2.30. The number of hydroxylamine groups is 2. The third kappa shape index (κ3) is 6.39. The summed E-state index contributed by atoms with van der Waals surface area (Å²) < 4.78 is 21.0. The molecule has 0 saturated heterocycles. The Morgan fingerprint density at radius 2 is 1.82 bits per heavy atom. The van der Waals surface area contributed by atoms with E-state index in [0.29, 0.717) is 17.9 Å². The van der Waals surface area contributed by atoms with Gasteiger partial charge in [0.05, 0.1) is 20.8 Å². The number of rotatable bonds is 9. The summed E-state index contributed by atoms with van der Waals surface area (Å²) in [6, 6.07) is 5.31. The number of hydrogen-bond acceptors (Lipinski definition) is 5. The van der Waals surface area contributed by atoms with E-state index >= 15 is 0 Å². The Bertz CT molecular complexity index is 500. The number of amides is 1. The van der Waals surface area contributed by atoms with Gasteiger partial charge in [-0.3, -0.25) is 9.63 Å². The van der Waals surface area contributed by atoms with E-state index in [2.05, 4.69) is 0 Å². The van der Waals surface area contributed by atoms with Gasteiger partial charge >= 0.3 is 8.03 Å². The number of nitrogens with zero attached hydrogens (tertiary/aromatic N) is 1. The molecule has 0 radical (unpaired) electrons. The molecule has 0 spiro atoms. The van der Waals surface area contributed by atoms with Crippen LogP contribution in [0.1, 0.15) is 18.9 Å². The van der Waals surface area contributed by atoms with Crippen molar-refractivity contribution in [3.05, 3.63) is 23.8 Å². The zero-order valence-corrected chi connectivity index (χ0v) is 13.8. The van der Waals surface area contributed by atoms with E-state index in [0.717, 1.165) is 5.56 Å². The van der Waals surface area contributed by atoms with Gasteiger partial charge in [-0.2, -0.15) is 4.89 Å². The summed E-state index contributed by atoms with van der Waals surface area (Å²) in [5, 5.41) is 1.19. The highest BCUT2D eigenvalue weighted by Crippen LogP contribution is 2.23. The van der Waals surface area contributed by atoms with Crippen molar-refractivity contribution in [1.29, 1.82) is 0 Å². The van der Waals surface area contributed by atoms with Gasteiger partial charge in [0.1, 0.15) is 18.1 Å². The summed E-state index contributed by atoms with van der Waals surface area (Å²) >= 11 is 0. The Labute approximate surface area is 130 Å². The molecule has 8 heteroatoms. The number of ether oxygens (including phenoxy) is 2. The van der Waals surface area contributed by atoms with Gasteiger partial charge in [-0.1, -0.05) is 0 Å². The molecule has 1 aromatic carbocycles. The third-order valence-corrected chi connectivity index (χ3v) is 3.56. The highest BCUT2D eigenvalue weighted by atomic mass is 31.1. The van der Waals surface area contributed by atoms with Crippen LogP contribution in [0.5, 0.6) is 11.5 Å². The second-order valence-corrected chi connectivity index (χ2v) is 5.70. The van der Waals surface area contributed by atoms with Crippen molar-refractivity contribution >= 4 is 13.9 Å². The minimum Gasteiger partial charge on any atom is -0.497 e. The molecular weight excluding hydrogens is 309 g/mol. The standard InChI is InChI=1S/C14H20NO6P/c1-11(16)15(5-4-6-22(17)18)21-10-12-7-13(19-2)9-14(8-12)20-3/h7-9H,4-6,10H2,1-3H3/p+1. The van der Waals surface area contributed by atoms with Crippen LogP contribution in [-0.2, 0) is 20.8 Å². The Kier molecular flexibility index (Phi) is 7.80. The first-order valence-electron chi connectivity index (χ1n) is 6.72. The second kappa shape index (κ2) is 9.35. The van der Waals surface area contributed by atoms with Gasteiger partial charge in [0.25, 0.3) is 0 Å². The molecule has 1 unspecified atom stereocenters. The van der Waals surface area contributed by atoms with Crippen LogP contribution < -0.4 is 9.47 Å². The Balaban J connectivity index is 2.64. The molecule has 1 aromatic rings. The first-order chi connectivity index (χ1) is 10.5. The van der Waals surface area contributed by atoms with Crippen LogP contribution in [0.3, 0.4) is 0 Å². The quantitative estimate of drug-likeness (QED) is 0.551. The predicted molar refractivity (Wildman–Crippen MR) is 81.0 cm³/mol. The molecule has 122 valence electrons. The number of benzene rings is 1. The lowest BCUT2D eigenvalue weighted by molar-refractivity contribution is -0.189. The van der Waals surface area contributed by atoms with E-state index in [9.17, 15) is 9.36 Å². The fourth-order valence-corrected chi connectivity index (χ4v) is 2.18. The SMILES string of the molecule is COc1cc(CON(CCC[P+](=O)O)C(C)=O)cc(OC)c1. The number of carbonyl (C=O) groups excluding carboxylic acids is 1. The topological polar surface area (TPSA) is 85.3 Å². The average molecular weight is 330 g/mol. The van der Waals surface area contributed by atoms with Crippen molar-refractivity contribution < 1.29 is 28.6 Å². The van der Waals surface area contributed by atoms with Gasteiger partial charge < -0.3 is 9.47 Å². The maximum atomic E-state index is 11.5. The molecule has 7 nitrogen and oxygen atoms in total. The highest BCUT2D eigenvalue weighted by molar-refractivity contribution is 7.37. The molecule has 0 fully saturated rings. The van der Waals surface area contributed by atoms with Crippen LogP contribution in [0.15, 0.2) is 18.2 Å². The molecule has 0 aliphatic rings. The minimum absolute atomic E-state index is 0.134. The fourth-order valence-electron chi connectivity index (χ4n) is 1.76. The zero-order valence-electron chi connectivity index (χ0n) is 12.9. The van der Waals surface area contributed by atoms with Gasteiger partial charge in [-0.15, -0.1) is 0 Å². The van der Waals surface area contributed by atoms with Gasteiger partial charge in [-0.05, 0) is 22.3 Å². The summed E-state index contributed by atoms with van der Waals surface area (Å²) in [5.74, 6) is 0.997. The minimum atomic E-state index is -2.19. The number of methoxy groups -OCH3 is 2. The predicted octanol–water partition coefficient (Wildman–Crippen LogP) is 2.11. The summed E-state index contributed by atoms with van der Waals surface area (Å²) in [6.45, 7) is 1.81. The smallest absolute Gasteiger partial charge is 0.497 e. The Morgan fingerprint density at radius 3 is 2.27 bits per heavy atom. The van der Waals surface area contributed by atoms with Crippen molar-refractivity contribution in [2.45, 2.75) is 20.0 Å². The summed E-state index contributed by atoms with van der Waals surface area (Å²) in [4.78, 5) is 25.7. The number of carbonyl (C=O) groups is 1. The normalized spacial score (nSPS) is 11.0. The molecule has 0 heterocycles. The lowest BCUT2D eigenvalue weighted by Gasteiger charge is -2.19. The van der Waals surface area contributed by atoms with Crippen molar-refractivity contribution in [2.24, 2.45) is 0 Å². The lowest BCUT2D eigenvalue weighted by atomic mass is 10.2. The van der Waals surface area contributed by atoms with Gasteiger partial charge in [0.15, 0.2) is 6.16 Å². The van der Waals surface area contributed by atoms with Crippen LogP contribution in [0.2, 0.25) is 0 Å². The van der Waals surface area contributed by atoms with E-state index in [1.807, 2.05) is 0 Å². The molecule has 1 N–H and O–H groups in total. The van der Waals surface area contributed by atoms with E-state index < -0.39 is 8.03 Å². The average Bonchev–Trinajstić information content (AvgIpc) is 2.49. The van der Waals surface area contributed by atoms with Crippen molar-refractivity contribution in [1.82, 2.24) is 5.06 Å². The molecule has 22 heavy (non-hydrogen) atoms. The molecule has 1 rings (SSSR count). The van der Waals surface area contributed by atoms with Crippen LogP contribution in [0, 0.1) is 0 Å². The van der Waals surface area contributed by atoms with Gasteiger partial charge in [-0.25, -0.2) is 5.06 Å². The molecule has 0 aliphatic heterocycles. The van der Waals surface area contributed by atoms with E-state index in [1.54, 1.807) is 32.4 Å². The van der Waals surface area contributed by atoms with Crippen LogP contribution in [0.25, 0.3) is 0 Å². The van der Waals surface area contributed by atoms with Crippen molar-refractivity contribution in [2.75, 3.05) is 26.9 Å². The maximum absolute atomic E-state index is 11.5. The van der Waals surface area contributed by atoms with Crippen LogP contribution >= 0.6 is 8.03 Å². The maximum Gasteiger partial charge on any atom is 0.505 e. The van der Waals surface area contributed by atoms with Crippen molar-refractivity contribution in [3.63, 3.8) is 0 Å². The zero-order chi connectivity index (χ0) is 16.5. The van der Waals surface area contributed by atoms with Crippen LogP contribution in [0.4, 0.5) is 0 Å². The van der Waals surface area contributed by atoms with E-state index in [-0.39, 0.29) is 25.2 Å². The first-order valence-corrected chi connectivity index (χ1v) is 8.12. The highest BCUT2D eigenvalue weighted by Gasteiger charge is 2.15. The summed E-state index contributed by atoms with van der Waals surface area (Å²) in [6.07, 6.45) is 0.530. The number of hydrogen-bond donors (Lipinski definition) is 1. The third-order valence-electron chi connectivity index (χ3n) is 2.86. The van der Waals surface area contributed by atoms with Crippen molar-refractivity contribution in [3.8, 4) is 11.5 Å². The van der Waals surface area contributed by atoms with Gasteiger partial charge in [0, 0.05) is 19.4 Å². The summed E-state index contributed by atoms with van der Waals surface area (Å²) in [5.41, 5.74) is 0.788. The Morgan fingerprint density at radius 1 is 1.23 bits per heavy atom. The molecule has 1 atom stereocenters. The molecule has 0 saturated carbocycles. The molecular formula is C14H21NO6P+. The largest absolute Gasteiger partial charge is 0.505 e. The Hall–Kier alpha value is -1.69. The van der Waals surface area contributed by atoms with E-state index in [4.69, 9.17) is 19.2 Å². The molecule has 0 aliphatic carbocycles. The summed E-state index contributed by atoms with van der Waals surface area (Å²) in [7, 11) is 0.913.